The van der Waals surface area contributed by atoms with Crippen molar-refractivity contribution in [3.8, 4) is 16.9 Å². The first-order chi connectivity index (χ1) is 15.6. The number of thiophene rings is 1. The highest BCUT2D eigenvalue weighted by molar-refractivity contribution is 8.00. The van der Waals surface area contributed by atoms with Crippen LogP contribution < -0.4 is 10.1 Å². The Bertz CT molecular complexity index is 1220. The van der Waals surface area contributed by atoms with E-state index in [1.807, 2.05) is 31.2 Å². The van der Waals surface area contributed by atoms with Crippen LogP contribution in [0, 0.1) is 0 Å². The van der Waals surface area contributed by atoms with Crippen molar-refractivity contribution in [3.63, 3.8) is 0 Å². The summed E-state index contributed by atoms with van der Waals surface area (Å²) < 4.78 is 5.37. The van der Waals surface area contributed by atoms with Gasteiger partial charge in [0.05, 0.1) is 23.4 Å². The lowest BCUT2D eigenvalue weighted by Gasteiger charge is -2.16. The van der Waals surface area contributed by atoms with Gasteiger partial charge in [-0.25, -0.2) is 9.97 Å². The Morgan fingerprint density at radius 2 is 1.91 bits per heavy atom. The number of ether oxygens (including phenoxy) is 1. The third-order valence-electron chi connectivity index (χ3n) is 5.29. The molecule has 0 aliphatic heterocycles. The molecule has 0 spiro atoms. The summed E-state index contributed by atoms with van der Waals surface area (Å²) in [5, 5.41) is 6.67. The van der Waals surface area contributed by atoms with Crippen molar-refractivity contribution in [1.29, 1.82) is 0 Å². The molecule has 0 aliphatic carbocycles. The van der Waals surface area contributed by atoms with Crippen molar-refractivity contribution < 1.29 is 9.53 Å². The number of benzene rings is 2. The zero-order chi connectivity index (χ0) is 22.5. The maximum atomic E-state index is 13.1. The molecule has 7 heteroatoms. The lowest BCUT2D eigenvalue weighted by Crippen LogP contribution is -2.25. The normalized spacial score (nSPS) is 12.0. The van der Waals surface area contributed by atoms with E-state index in [9.17, 15) is 4.79 Å². The number of thioether (sulfide) groups is 1. The number of rotatable bonds is 8. The minimum absolute atomic E-state index is 0.0714. The van der Waals surface area contributed by atoms with E-state index in [4.69, 9.17) is 4.74 Å². The highest BCUT2D eigenvalue weighted by atomic mass is 32.2. The number of hydrogen-bond acceptors (Lipinski definition) is 6. The molecule has 1 unspecified atom stereocenters. The van der Waals surface area contributed by atoms with Gasteiger partial charge in [-0.2, -0.15) is 0 Å². The fraction of sp³-hybridized carbons (Fsp3) is 0.240. The zero-order valence-electron chi connectivity index (χ0n) is 18.3. The Balaban J connectivity index is 1.63. The predicted octanol–water partition coefficient (Wildman–Crippen LogP) is 6.44. The molecule has 32 heavy (non-hydrogen) atoms. The average Bonchev–Trinajstić information content (AvgIpc) is 3.28. The lowest BCUT2D eigenvalue weighted by atomic mass is 10.0. The summed E-state index contributed by atoms with van der Waals surface area (Å²) in [7, 11) is 1.60. The summed E-state index contributed by atoms with van der Waals surface area (Å²) >= 11 is 3.08. The summed E-state index contributed by atoms with van der Waals surface area (Å²) in [6.07, 6.45) is 3.26. The number of aromatic nitrogens is 2. The van der Waals surface area contributed by atoms with Crippen LogP contribution in [0.1, 0.15) is 25.8 Å². The molecule has 1 amide bonds. The number of fused-ring (bicyclic) bond motifs is 1. The van der Waals surface area contributed by atoms with E-state index < -0.39 is 0 Å². The Hall–Kier alpha value is -2.90. The van der Waals surface area contributed by atoms with Crippen molar-refractivity contribution in [2.45, 2.75) is 37.0 Å². The summed E-state index contributed by atoms with van der Waals surface area (Å²) in [6, 6.07) is 16.0. The minimum atomic E-state index is -0.298. The number of amides is 1. The molecule has 5 nitrogen and oxygen atoms in total. The van der Waals surface area contributed by atoms with Crippen LogP contribution in [0.5, 0.6) is 5.75 Å². The van der Waals surface area contributed by atoms with Gasteiger partial charge < -0.3 is 10.1 Å². The van der Waals surface area contributed by atoms with Crippen LogP contribution in [0.3, 0.4) is 0 Å². The lowest BCUT2D eigenvalue weighted by molar-refractivity contribution is -0.115. The van der Waals surface area contributed by atoms with Crippen molar-refractivity contribution in [2.75, 3.05) is 12.4 Å². The number of aryl methyl sites for hydroxylation is 1. The monoisotopic (exact) mass is 463 g/mol. The fourth-order valence-corrected chi connectivity index (χ4v) is 5.50. The van der Waals surface area contributed by atoms with Crippen LogP contribution in [-0.2, 0) is 11.2 Å². The maximum Gasteiger partial charge on any atom is 0.238 e. The van der Waals surface area contributed by atoms with Gasteiger partial charge in [-0.05, 0) is 36.1 Å². The molecule has 1 atom stereocenters. The molecule has 0 bridgehead atoms. The number of hydrogen-bond donors (Lipinski definition) is 1. The number of nitrogens with zero attached hydrogens (tertiary/aromatic N) is 2. The Morgan fingerprint density at radius 1 is 1.12 bits per heavy atom. The molecule has 2 heterocycles. The average molecular weight is 464 g/mol. The Morgan fingerprint density at radius 3 is 2.62 bits per heavy atom. The van der Waals surface area contributed by atoms with Crippen LogP contribution in [-0.4, -0.2) is 28.2 Å². The molecule has 2 aromatic heterocycles. The van der Waals surface area contributed by atoms with E-state index in [0.717, 1.165) is 32.8 Å². The first kappa shape index (κ1) is 22.3. The number of carbonyl (C=O) groups excluding carboxylic acids is 1. The minimum Gasteiger partial charge on any atom is -0.495 e. The van der Waals surface area contributed by atoms with Gasteiger partial charge in [-0.15, -0.1) is 11.3 Å². The van der Waals surface area contributed by atoms with E-state index in [0.29, 0.717) is 17.9 Å². The van der Waals surface area contributed by atoms with Crippen LogP contribution >= 0.6 is 23.1 Å². The molecule has 4 rings (SSSR count). The molecule has 1 N–H and O–H groups in total. The second-order valence-corrected chi connectivity index (χ2v) is 9.31. The van der Waals surface area contributed by atoms with Crippen LogP contribution in [0.15, 0.2) is 65.3 Å². The molecular formula is C25H25N3O2S2. The number of anilines is 1. The Labute approximate surface area is 196 Å². The van der Waals surface area contributed by atoms with Crippen LogP contribution in [0.4, 0.5) is 5.69 Å². The number of nitrogens with one attached hydrogen (secondary N) is 1. The number of carbonyl (C=O) groups is 1. The molecule has 2 aromatic carbocycles. The van der Waals surface area contributed by atoms with Gasteiger partial charge in [0.25, 0.3) is 0 Å². The second-order valence-electron chi connectivity index (χ2n) is 7.26. The van der Waals surface area contributed by atoms with Crippen LogP contribution in [0.2, 0.25) is 0 Å². The van der Waals surface area contributed by atoms with Gasteiger partial charge in [-0.3, -0.25) is 4.79 Å². The summed E-state index contributed by atoms with van der Waals surface area (Å²) in [6.45, 7) is 4.16. The first-order valence-electron chi connectivity index (χ1n) is 10.6. The summed E-state index contributed by atoms with van der Waals surface area (Å²) in [5.74, 6) is 0.568. The summed E-state index contributed by atoms with van der Waals surface area (Å²) in [5.41, 5.74) is 4.21. The standard InChI is InChI=1S/C25H25N3O2S2/c1-4-16-10-12-17(13-11-16)18-14-31-24-22(18)25(27-15-26-24)32-21(5-2)23(29)28-19-8-6-7-9-20(19)30-3/h6-15,21H,4-5H2,1-3H3,(H,28,29). The van der Waals surface area contributed by atoms with E-state index >= 15 is 0 Å². The fourth-order valence-electron chi connectivity index (χ4n) is 3.49. The largest absolute Gasteiger partial charge is 0.495 e. The summed E-state index contributed by atoms with van der Waals surface area (Å²) in [4.78, 5) is 23.0. The molecule has 0 saturated heterocycles. The zero-order valence-corrected chi connectivity index (χ0v) is 19.9. The van der Waals surface area contributed by atoms with Gasteiger partial charge in [0.1, 0.15) is 21.9 Å². The quantitative estimate of drug-likeness (QED) is 0.241. The van der Waals surface area contributed by atoms with Gasteiger partial charge in [0, 0.05) is 10.9 Å². The topological polar surface area (TPSA) is 64.1 Å². The Kier molecular flexibility index (Phi) is 7.07. The third-order valence-corrected chi connectivity index (χ3v) is 7.54. The van der Waals surface area contributed by atoms with Crippen molar-refractivity contribution in [3.05, 3.63) is 65.8 Å². The molecule has 164 valence electrons. The van der Waals surface area contributed by atoms with Crippen molar-refractivity contribution in [1.82, 2.24) is 9.97 Å². The van der Waals surface area contributed by atoms with Crippen molar-refractivity contribution >= 4 is 44.9 Å². The van der Waals surface area contributed by atoms with Crippen molar-refractivity contribution in [2.24, 2.45) is 0 Å². The molecular weight excluding hydrogens is 438 g/mol. The number of para-hydroxylation sites is 2. The highest BCUT2D eigenvalue weighted by Gasteiger charge is 2.23. The van der Waals surface area contributed by atoms with Gasteiger partial charge in [0.15, 0.2) is 0 Å². The van der Waals surface area contributed by atoms with E-state index in [-0.39, 0.29) is 11.2 Å². The third kappa shape index (κ3) is 4.64. The molecule has 0 aliphatic rings. The molecule has 0 radical (unpaired) electrons. The van der Waals surface area contributed by atoms with Crippen LogP contribution in [0.25, 0.3) is 21.3 Å². The molecule has 4 aromatic rings. The predicted molar refractivity (Wildman–Crippen MR) is 134 cm³/mol. The second kappa shape index (κ2) is 10.1. The first-order valence-corrected chi connectivity index (χ1v) is 12.3. The molecule has 0 fully saturated rings. The van der Waals surface area contributed by atoms with E-state index in [1.54, 1.807) is 24.8 Å². The number of methoxy groups -OCH3 is 1. The van der Waals surface area contributed by atoms with E-state index in [2.05, 4.69) is 51.9 Å². The smallest absolute Gasteiger partial charge is 0.238 e. The van der Waals surface area contributed by atoms with Gasteiger partial charge >= 0.3 is 0 Å². The molecule has 0 saturated carbocycles. The SMILES string of the molecule is CCc1ccc(-c2csc3ncnc(SC(CC)C(=O)Nc4ccccc4OC)c23)cc1. The maximum absolute atomic E-state index is 13.1. The van der Waals surface area contributed by atoms with Gasteiger partial charge in [0.2, 0.25) is 5.91 Å². The highest BCUT2D eigenvalue weighted by Crippen LogP contribution is 2.39. The van der Waals surface area contributed by atoms with E-state index in [1.165, 1.54) is 17.3 Å². The van der Waals surface area contributed by atoms with Gasteiger partial charge in [-0.1, -0.05) is 62.0 Å².